The highest BCUT2D eigenvalue weighted by atomic mass is 32.2. The van der Waals surface area contributed by atoms with Crippen molar-refractivity contribution in [2.45, 2.75) is 13.3 Å². The first-order chi connectivity index (χ1) is 8.81. The third kappa shape index (κ3) is 2.71. The van der Waals surface area contributed by atoms with Gasteiger partial charge in [0.25, 0.3) is 0 Å². The normalized spacial score (nSPS) is 14.6. The van der Waals surface area contributed by atoms with Crippen LogP contribution in [0.15, 0.2) is 18.2 Å². The lowest BCUT2D eigenvalue weighted by molar-refractivity contribution is -0.116. The van der Waals surface area contributed by atoms with E-state index in [1.165, 1.54) is 21.0 Å². The fraction of sp³-hybridized carbons (Fsp3) is 0.417. The second-order valence-corrected chi connectivity index (χ2v) is 6.54. The van der Waals surface area contributed by atoms with Crippen molar-refractivity contribution in [3.05, 3.63) is 23.8 Å². The molecule has 1 aliphatic rings. The van der Waals surface area contributed by atoms with Crippen molar-refractivity contribution in [2.75, 3.05) is 30.3 Å². The lowest BCUT2D eigenvalue weighted by Crippen LogP contribution is -2.29. The molecule has 0 radical (unpaired) electrons. The standard InChI is InChI=1S/C12H17N3O3S/c1-9(16)15-7-6-10-4-5-11(8-12(10)15)13-19(17,18)14(2)3/h4-5,8,13H,6-7H2,1-3H3. The fourth-order valence-corrected chi connectivity index (χ4v) is 2.62. The van der Waals surface area contributed by atoms with E-state index >= 15 is 0 Å². The van der Waals surface area contributed by atoms with Gasteiger partial charge in [-0.3, -0.25) is 9.52 Å². The fourth-order valence-electron chi connectivity index (χ4n) is 2.01. The molecule has 1 amide bonds. The van der Waals surface area contributed by atoms with E-state index < -0.39 is 10.2 Å². The van der Waals surface area contributed by atoms with E-state index in [1.54, 1.807) is 17.0 Å². The maximum atomic E-state index is 11.7. The van der Waals surface area contributed by atoms with Gasteiger partial charge in [0.15, 0.2) is 0 Å². The monoisotopic (exact) mass is 283 g/mol. The molecule has 2 rings (SSSR count). The Morgan fingerprint density at radius 1 is 1.37 bits per heavy atom. The van der Waals surface area contributed by atoms with Gasteiger partial charge in [-0.1, -0.05) is 6.07 Å². The molecule has 0 fully saturated rings. The van der Waals surface area contributed by atoms with Gasteiger partial charge in [-0.25, -0.2) is 0 Å². The molecule has 0 aromatic heterocycles. The second kappa shape index (κ2) is 4.82. The largest absolute Gasteiger partial charge is 0.312 e. The van der Waals surface area contributed by atoms with Gasteiger partial charge in [0.2, 0.25) is 5.91 Å². The molecule has 1 aromatic rings. The maximum absolute atomic E-state index is 11.7. The Bertz CT molecular complexity index is 611. The minimum Gasteiger partial charge on any atom is -0.312 e. The summed E-state index contributed by atoms with van der Waals surface area (Å²) in [4.78, 5) is 13.1. The quantitative estimate of drug-likeness (QED) is 0.892. The Hall–Kier alpha value is -1.60. The number of benzene rings is 1. The number of nitrogens with zero attached hydrogens (tertiary/aromatic N) is 2. The average molecular weight is 283 g/mol. The Morgan fingerprint density at radius 3 is 2.63 bits per heavy atom. The minimum atomic E-state index is -3.53. The van der Waals surface area contributed by atoms with Crippen LogP contribution in [0.2, 0.25) is 0 Å². The van der Waals surface area contributed by atoms with Crippen LogP contribution in [0, 0.1) is 0 Å². The molecule has 1 aromatic carbocycles. The highest BCUT2D eigenvalue weighted by Crippen LogP contribution is 2.31. The van der Waals surface area contributed by atoms with Gasteiger partial charge in [0.05, 0.1) is 5.69 Å². The van der Waals surface area contributed by atoms with E-state index in [4.69, 9.17) is 0 Å². The molecule has 0 spiro atoms. The van der Waals surface area contributed by atoms with Gasteiger partial charge in [0.1, 0.15) is 0 Å². The topological polar surface area (TPSA) is 69.7 Å². The van der Waals surface area contributed by atoms with E-state index in [2.05, 4.69) is 4.72 Å². The SMILES string of the molecule is CC(=O)N1CCc2ccc(NS(=O)(=O)N(C)C)cc21. The summed E-state index contributed by atoms with van der Waals surface area (Å²) in [6.45, 7) is 2.15. The van der Waals surface area contributed by atoms with E-state index in [-0.39, 0.29) is 5.91 Å². The second-order valence-electron chi connectivity index (χ2n) is 4.65. The van der Waals surface area contributed by atoms with Crippen molar-refractivity contribution < 1.29 is 13.2 Å². The average Bonchev–Trinajstić information content (AvgIpc) is 2.71. The van der Waals surface area contributed by atoms with Gasteiger partial charge in [-0.15, -0.1) is 0 Å². The van der Waals surface area contributed by atoms with E-state index in [1.807, 2.05) is 6.07 Å². The molecule has 1 N–H and O–H groups in total. The zero-order chi connectivity index (χ0) is 14.2. The molecule has 0 saturated carbocycles. The zero-order valence-electron chi connectivity index (χ0n) is 11.2. The summed E-state index contributed by atoms with van der Waals surface area (Å²) in [6.07, 6.45) is 0.801. The molecule has 7 heteroatoms. The van der Waals surface area contributed by atoms with Crippen molar-refractivity contribution in [3.63, 3.8) is 0 Å². The summed E-state index contributed by atoms with van der Waals surface area (Å²) < 4.78 is 27.1. The molecule has 0 bridgehead atoms. The molecule has 0 aliphatic carbocycles. The van der Waals surface area contributed by atoms with E-state index in [9.17, 15) is 13.2 Å². The number of carbonyl (C=O) groups is 1. The van der Waals surface area contributed by atoms with E-state index in [0.717, 1.165) is 22.0 Å². The lowest BCUT2D eigenvalue weighted by Gasteiger charge is -2.17. The Balaban J connectivity index is 2.32. The molecular formula is C12H17N3O3S. The summed E-state index contributed by atoms with van der Waals surface area (Å²) in [6, 6.07) is 5.26. The van der Waals surface area contributed by atoms with Gasteiger partial charge in [-0.2, -0.15) is 12.7 Å². The van der Waals surface area contributed by atoms with Crippen LogP contribution >= 0.6 is 0 Å². The van der Waals surface area contributed by atoms with Crippen molar-refractivity contribution in [1.29, 1.82) is 0 Å². The van der Waals surface area contributed by atoms with Gasteiger partial charge < -0.3 is 4.90 Å². The highest BCUT2D eigenvalue weighted by Gasteiger charge is 2.23. The summed E-state index contributed by atoms with van der Waals surface area (Å²) >= 11 is 0. The maximum Gasteiger partial charge on any atom is 0.301 e. The number of carbonyl (C=O) groups excluding carboxylic acids is 1. The molecule has 1 aliphatic heterocycles. The molecule has 6 nitrogen and oxygen atoms in total. The van der Waals surface area contributed by atoms with Crippen LogP contribution in [-0.4, -0.2) is 39.3 Å². The number of amides is 1. The third-order valence-electron chi connectivity index (χ3n) is 3.09. The first-order valence-electron chi connectivity index (χ1n) is 5.92. The number of nitrogens with one attached hydrogen (secondary N) is 1. The van der Waals surface area contributed by atoms with Crippen LogP contribution in [0.3, 0.4) is 0 Å². The van der Waals surface area contributed by atoms with E-state index in [0.29, 0.717) is 12.2 Å². The molecule has 19 heavy (non-hydrogen) atoms. The summed E-state index contributed by atoms with van der Waals surface area (Å²) in [5.74, 6) is -0.0358. The van der Waals surface area contributed by atoms with Crippen molar-refractivity contribution in [2.24, 2.45) is 0 Å². The van der Waals surface area contributed by atoms with Gasteiger partial charge >= 0.3 is 10.2 Å². The minimum absolute atomic E-state index is 0.0358. The van der Waals surface area contributed by atoms with Crippen LogP contribution in [0.4, 0.5) is 11.4 Å². The first kappa shape index (κ1) is 13.8. The molecule has 0 atom stereocenters. The van der Waals surface area contributed by atoms with Crippen LogP contribution in [-0.2, 0) is 21.4 Å². The molecule has 0 saturated heterocycles. The number of hydrogen-bond acceptors (Lipinski definition) is 3. The highest BCUT2D eigenvalue weighted by molar-refractivity contribution is 7.90. The molecule has 1 heterocycles. The predicted molar refractivity (Wildman–Crippen MR) is 74.4 cm³/mol. The Kier molecular flexibility index (Phi) is 3.51. The smallest absolute Gasteiger partial charge is 0.301 e. The lowest BCUT2D eigenvalue weighted by atomic mass is 10.1. The number of anilines is 2. The van der Waals surface area contributed by atoms with Crippen molar-refractivity contribution in [3.8, 4) is 0 Å². The molecule has 0 unspecified atom stereocenters. The van der Waals surface area contributed by atoms with Crippen LogP contribution in [0.5, 0.6) is 0 Å². The molecular weight excluding hydrogens is 266 g/mol. The predicted octanol–water partition coefficient (Wildman–Crippen LogP) is 0.814. The van der Waals surface area contributed by atoms with Gasteiger partial charge in [0, 0.05) is 33.3 Å². The molecule has 104 valence electrons. The number of fused-ring (bicyclic) bond motifs is 1. The van der Waals surface area contributed by atoms with Crippen LogP contribution in [0.1, 0.15) is 12.5 Å². The van der Waals surface area contributed by atoms with Crippen molar-refractivity contribution in [1.82, 2.24) is 4.31 Å². The number of rotatable bonds is 3. The first-order valence-corrected chi connectivity index (χ1v) is 7.36. The summed E-state index contributed by atoms with van der Waals surface area (Å²) in [5.41, 5.74) is 2.30. The van der Waals surface area contributed by atoms with Crippen LogP contribution < -0.4 is 9.62 Å². The summed E-state index contributed by atoms with van der Waals surface area (Å²) in [5, 5.41) is 0. The summed E-state index contributed by atoms with van der Waals surface area (Å²) in [7, 11) is -0.615. The Labute approximate surface area is 113 Å². The van der Waals surface area contributed by atoms with Crippen molar-refractivity contribution >= 4 is 27.5 Å². The van der Waals surface area contributed by atoms with Crippen LogP contribution in [0.25, 0.3) is 0 Å². The zero-order valence-corrected chi connectivity index (χ0v) is 12.0. The Morgan fingerprint density at radius 2 is 2.05 bits per heavy atom. The number of hydrogen-bond donors (Lipinski definition) is 1. The van der Waals surface area contributed by atoms with Gasteiger partial charge in [-0.05, 0) is 24.1 Å². The third-order valence-corrected chi connectivity index (χ3v) is 4.54.